The molecule has 0 aliphatic heterocycles. The summed E-state index contributed by atoms with van der Waals surface area (Å²) in [4.78, 5) is 4.03. The number of halogens is 1. The van der Waals surface area contributed by atoms with Crippen LogP contribution in [0.1, 0.15) is 17.5 Å². The van der Waals surface area contributed by atoms with Crippen molar-refractivity contribution >= 4 is 11.6 Å². The fourth-order valence-corrected chi connectivity index (χ4v) is 1.54. The number of hydrogen-bond acceptors (Lipinski definition) is 3. The van der Waals surface area contributed by atoms with Crippen LogP contribution in [0.25, 0.3) is 0 Å². The van der Waals surface area contributed by atoms with Gasteiger partial charge in [-0.15, -0.1) is 5.10 Å². The molecular weight excluding hydrogens is 214 g/mol. The van der Waals surface area contributed by atoms with E-state index in [0.29, 0.717) is 5.82 Å². The first kappa shape index (κ1) is 10.1. The quantitative estimate of drug-likeness (QED) is 0.868. The lowest BCUT2D eigenvalue weighted by atomic mass is 10.1. The lowest BCUT2D eigenvalue weighted by Crippen LogP contribution is -2.05. The molecule has 0 saturated carbocycles. The Morgan fingerprint density at radius 3 is 2.60 bits per heavy atom. The van der Waals surface area contributed by atoms with Crippen molar-refractivity contribution in [2.45, 2.75) is 6.10 Å². The van der Waals surface area contributed by atoms with Crippen molar-refractivity contribution in [2.75, 3.05) is 7.11 Å². The van der Waals surface area contributed by atoms with E-state index in [1.54, 1.807) is 7.11 Å². The van der Waals surface area contributed by atoms with Gasteiger partial charge in [0.15, 0.2) is 5.82 Å². The van der Waals surface area contributed by atoms with E-state index in [1.807, 2.05) is 30.3 Å². The summed E-state index contributed by atoms with van der Waals surface area (Å²) >= 11 is 5.64. The molecule has 2 rings (SSSR count). The van der Waals surface area contributed by atoms with Crippen molar-refractivity contribution < 1.29 is 4.74 Å². The van der Waals surface area contributed by atoms with E-state index in [9.17, 15) is 0 Å². The van der Waals surface area contributed by atoms with Crippen molar-refractivity contribution in [1.29, 1.82) is 0 Å². The topological polar surface area (TPSA) is 50.8 Å². The van der Waals surface area contributed by atoms with Gasteiger partial charge in [-0.1, -0.05) is 30.3 Å². The fourth-order valence-electron chi connectivity index (χ4n) is 1.40. The third kappa shape index (κ3) is 2.16. The van der Waals surface area contributed by atoms with Gasteiger partial charge in [0.05, 0.1) is 0 Å². The highest BCUT2D eigenvalue weighted by atomic mass is 35.5. The second-order valence-electron chi connectivity index (χ2n) is 3.02. The molecular formula is C10H10ClN3O. The Hall–Kier alpha value is -1.39. The molecule has 2 aromatic rings. The van der Waals surface area contributed by atoms with E-state index in [4.69, 9.17) is 16.3 Å². The Morgan fingerprint density at radius 1 is 1.33 bits per heavy atom. The number of H-pyrrole nitrogens is 1. The summed E-state index contributed by atoms with van der Waals surface area (Å²) in [7, 11) is 1.62. The zero-order valence-electron chi connectivity index (χ0n) is 8.14. The highest BCUT2D eigenvalue weighted by Gasteiger charge is 2.16. The number of methoxy groups -OCH3 is 1. The molecule has 0 bridgehead atoms. The van der Waals surface area contributed by atoms with Crippen LogP contribution >= 0.6 is 11.6 Å². The van der Waals surface area contributed by atoms with Gasteiger partial charge in [-0.05, 0) is 17.2 Å². The molecule has 4 nitrogen and oxygen atoms in total. The first-order chi connectivity index (χ1) is 7.31. The number of aromatic amines is 1. The largest absolute Gasteiger partial charge is 0.369 e. The van der Waals surface area contributed by atoms with Crippen LogP contribution in [-0.4, -0.2) is 22.3 Å². The minimum Gasteiger partial charge on any atom is -0.369 e. The molecule has 1 aromatic heterocycles. The molecule has 0 aliphatic carbocycles. The number of aromatic nitrogens is 3. The summed E-state index contributed by atoms with van der Waals surface area (Å²) in [5.41, 5.74) is 1.01. The molecule has 1 N–H and O–H groups in total. The summed E-state index contributed by atoms with van der Waals surface area (Å²) in [6.07, 6.45) is -0.258. The van der Waals surface area contributed by atoms with Crippen LogP contribution < -0.4 is 0 Å². The first-order valence-electron chi connectivity index (χ1n) is 4.47. The molecule has 1 aromatic carbocycles. The van der Waals surface area contributed by atoms with Gasteiger partial charge >= 0.3 is 0 Å². The van der Waals surface area contributed by atoms with Gasteiger partial charge < -0.3 is 4.74 Å². The Morgan fingerprint density at radius 2 is 2.07 bits per heavy atom. The van der Waals surface area contributed by atoms with Gasteiger partial charge in [0.1, 0.15) is 6.10 Å². The minimum atomic E-state index is -0.258. The van der Waals surface area contributed by atoms with Crippen LogP contribution in [0.5, 0.6) is 0 Å². The second-order valence-corrected chi connectivity index (χ2v) is 3.35. The number of hydrogen-bond donors (Lipinski definition) is 1. The van der Waals surface area contributed by atoms with Gasteiger partial charge in [-0.3, -0.25) is 5.10 Å². The van der Waals surface area contributed by atoms with Crippen molar-refractivity contribution in [3.8, 4) is 0 Å². The predicted molar refractivity (Wildman–Crippen MR) is 56.7 cm³/mol. The molecule has 1 unspecified atom stereocenters. The molecule has 5 heteroatoms. The SMILES string of the molecule is COC(c1ccccc1)c1nc(Cl)n[nH]1. The van der Waals surface area contributed by atoms with Crippen LogP contribution in [0.4, 0.5) is 0 Å². The molecule has 0 radical (unpaired) electrons. The van der Waals surface area contributed by atoms with Crippen molar-refractivity contribution in [1.82, 2.24) is 15.2 Å². The predicted octanol–water partition coefficient (Wildman–Crippen LogP) is 2.19. The zero-order chi connectivity index (χ0) is 10.7. The van der Waals surface area contributed by atoms with Gasteiger partial charge in [0, 0.05) is 7.11 Å². The van der Waals surface area contributed by atoms with Crippen LogP contribution in [0, 0.1) is 0 Å². The molecule has 0 amide bonds. The fraction of sp³-hybridized carbons (Fsp3) is 0.200. The number of rotatable bonds is 3. The second kappa shape index (κ2) is 4.42. The maximum absolute atomic E-state index is 5.64. The van der Waals surface area contributed by atoms with Crippen molar-refractivity contribution in [3.63, 3.8) is 0 Å². The smallest absolute Gasteiger partial charge is 0.242 e. The summed E-state index contributed by atoms with van der Waals surface area (Å²) in [6.45, 7) is 0. The molecule has 1 heterocycles. The summed E-state index contributed by atoms with van der Waals surface area (Å²) < 4.78 is 5.34. The Kier molecular flexibility index (Phi) is 2.99. The van der Waals surface area contributed by atoms with E-state index >= 15 is 0 Å². The van der Waals surface area contributed by atoms with Gasteiger partial charge in [0.2, 0.25) is 5.28 Å². The molecule has 0 spiro atoms. The van der Waals surface area contributed by atoms with Gasteiger partial charge in [-0.2, -0.15) is 4.98 Å². The average molecular weight is 224 g/mol. The van der Waals surface area contributed by atoms with Crippen LogP contribution in [0.15, 0.2) is 30.3 Å². The molecule has 15 heavy (non-hydrogen) atoms. The van der Waals surface area contributed by atoms with Crippen LogP contribution in [0.3, 0.4) is 0 Å². The lowest BCUT2D eigenvalue weighted by Gasteiger charge is -2.11. The highest BCUT2D eigenvalue weighted by molar-refractivity contribution is 6.28. The first-order valence-corrected chi connectivity index (χ1v) is 4.84. The van der Waals surface area contributed by atoms with Crippen LogP contribution in [-0.2, 0) is 4.74 Å². The Labute approximate surface area is 92.3 Å². The van der Waals surface area contributed by atoms with E-state index < -0.39 is 0 Å². The molecule has 0 aliphatic rings. The van der Waals surface area contributed by atoms with Gasteiger partial charge in [-0.25, -0.2) is 0 Å². The summed E-state index contributed by atoms with van der Waals surface area (Å²) in [5, 5.41) is 6.69. The van der Waals surface area contributed by atoms with E-state index in [2.05, 4.69) is 15.2 Å². The lowest BCUT2D eigenvalue weighted by molar-refractivity contribution is 0.129. The molecule has 0 saturated heterocycles. The Bertz CT molecular complexity index is 429. The van der Waals surface area contributed by atoms with E-state index in [1.165, 1.54) is 0 Å². The number of ether oxygens (including phenoxy) is 1. The normalized spacial score (nSPS) is 12.7. The number of nitrogens with zero attached hydrogens (tertiary/aromatic N) is 2. The van der Waals surface area contributed by atoms with Crippen molar-refractivity contribution in [2.24, 2.45) is 0 Å². The molecule has 1 atom stereocenters. The summed E-state index contributed by atoms with van der Waals surface area (Å²) in [5.74, 6) is 0.605. The number of benzene rings is 1. The summed E-state index contributed by atoms with van der Waals surface area (Å²) in [6, 6.07) is 9.76. The maximum atomic E-state index is 5.64. The maximum Gasteiger partial charge on any atom is 0.242 e. The van der Waals surface area contributed by atoms with E-state index in [0.717, 1.165) is 5.56 Å². The molecule has 0 fully saturated rings. The van der Waals surface area contributed by atoms with E-state index in [-0.39, 0.29) is 11.4 Å². The third-order valence-corrected chi connectivity index (χ3v) is 2.23. The number of nitrogens with one attached hydrogen (secondary N) is 1. The van der Waals surface area contributed by atoms with Crippen LogP contribution in [0.2, 0.25) is 5.28 Å². The van der Waals surface area contributed by atoms with Gasteiger partial charge in [0.25, 0.3) is 0 Å². The Balaban J connectivity index is 2.33. The monoisotopic (exact) mass is 223 g/mol. The average Bonchev–Trinajstić information content (AvgIpc) is 2.68. The highest BCUT2D eigenvalue weighted by Crippen LogP contribution is 2.22. The minimum absolute atomic E-state index is 0.197. The van der Waals surface area contributed by atoms with Crippen molar-refractivity contribution in [3.05, 3.63) is 47.0 Å². The zero-order valence-corrected chi connectivity index (χ0v) is 8.90. The standard InChI is InChI=1S/C10H10ClN3O/c1-15-8(7-5-3-2-4-6-7)9-12-10(11)14-13-9/h2-6,8H,1H3,(H,12,13,14). The third-order valence-electron chi connectivity index (χ3n) is 2.06. The molecule has 78 valence electrons.